The van der Waals surface area contributed by atoms with Crippen LogP contribution in [-0.4, -0.2) is 10.2 Å². The second-order valence-electron chi connectivity index (χ2n) is 3.88. The Morgan fingerprint density at radius 3 is 2.37 bits per heavy atom. The fourth-order valence-corrected chi connectivity index (χ4v) is 2.24. The molecule has 0 aliphatic heterocycles. The maximum atomic E-state index is 13.8. The largest absolute Gasteiger partial charge is 0.416 e. The van der Waals surface area contributed by atoms with Crippen LogP contribution < -0.4 is 0 Å². The summed E-state index contributed by atoms with van der Waals surface area (Å²) in [5.41, 5.74) is 1.07. The normalized spacial score (nSPS) is 10.6. The maximum absolute atomic E-state index is 13.8. The maximum Gasteiger partial charge on any atom is 0.252 e. The first-order chi connectivity index (χ1) is 9.25. The Kier molecular flexibility index (Phi) is 3.13. The minimum Gasteiger partial charge on any atom is -0.416 e. The van der Waals surface area contributed by atoms with Crippen LogP contribution in [0.4, 0.5) is 4.39 Å². The van der Waals surface area contributed by atoms with Crippen molar-refractivity contribution in [1.29, 1.82) is 0 Å². The van der Waals surface area contributed by atoms with Crippen LogP contribution >= 0.6 is 15.9 Å². The quantitative estimate of drug-likeness (QED) is 0.707. The molecule has 0 atom stereocenters. The predicted octanol–water partition coefficient (Wildman–Crippen LogP) is 4.31. The summed E-state index contributed by atoms with van der Waals surface area (Å²) in [6.45, 7) is 0. The summed E-state index contributed by atoms with van der Waals surface area (Å²) in [7, 11) is 0. The van der Waals surface area contributed by atoms with Gasteiger partial charge in [0.05, 0.1) is 5.56 Å². The molecule has 3 nitrogen and oxygen atoms in total. The van der Waals surface area contributed by atoms with E-state index in [4.69, 9.17) is 4.42 Å². The zero-order chi connectivity index (χ0) is 13.2. The van der Waals surface area contributed by atoms with Crippen molar-refractivity contribution in [3.8, 4) is 22.9 Å². The van der Waals surface area contributed by atoms with Crippen LogP contribution in [0.5, 0.6) is 0 Å². The highest BCUT2D eigenvalue weighted by atomic mass is 79.9. The summed E-state index contributed by atoms with van der Waals surface area (Å²) < 4.78 is 19.9. The van der Waals surface area contributed by atoms with Crippen molar-refractivity contribution < 1.29 is 8.81 Å². The topological polar surface area (TPSA) is 38.9 Å². The molecule has 3 aromatic rings. The van der Waals surface area contributed by atoms with Crippen LogP contribution in [0.1, 0.15) is 0 Å². The van der Waals surface area contributed by atoms with Gasteiger partial charge in [-0.25, -0.2) is 4.39 Å². The molecule has 0 saturated heterocycles. The van der Waals surface area contributed by atoms with Crippen molar-refractivity contribution in [1.82, 2.24) is 10.2 Å². The van der Waals surface area contributed by atoms with E-state index < -0.39 is 5.82 Å². The van der Waals surface area contributed by atoms with E-state index in [1.165, 1.54) is 6.07 Å². The van der Waals surface area contributed by atoms with Gasteiger partial charge in [0.1, 0.15) is 5.82 Å². The molecule has 0 amide bonds. The highest BCUT2D eigenvalue weighted by Gasteiger charge is 2.16. The lowest BCUT2D eigenvalue weighted by Gasteiger charge is -2.00. The van der Waals surface area contributed by atoms with Gasteiger partial charge in [0.15, 0.2) is 0 Å². The molecule has 0 N–H and O–H groups in total. The Labute approximate surface area is 117 Å². The fraction of sp³-hybridized carbons (Fsp3) is 0. The Balaban J connectivity index is 2.07. The van der Waals surface area contributed by atoms with E-state index in [1.54, 1.807) is 12.1 Å². The van der Waals surface area contributed by atoms with E-state index >= 15 is 0 Å². The molecule has 3 rings (SSSR count). The third kappa shape index (κ3) is 2.29. The van der Waals surface area contributed by atoms with Crippen molar-refractivity contribution >= 4 is 15.9 Å². The average molecular weight is 319 g/mol. The Morgan fingerprint density at radius 1 is 0.895 bits per heavy atom. The predicted molar refractivity (Wildman–Crippen MR) is 72.8 cm³/mol. The number of aromatic nitrogens is 2. The molecule has 0 unspecified atom stereocenters. The lowest BCUT2D eigenvalue weighted by molar-refractivity contribution is 0.570. The molecular weight excluding hydrogens is 311 g/mol. The second-order valence-corrected chi connectivity index (χ2v) is 4.73. The van der Waals surface area contributed by atoms with Crippen LogP contribution in [0.3, 0.4) is 0 Å². The standard InChI is InChI=1S/C14H8BrFN2O/c15-10-7-4-8-11(16)12(10)14-18-17-13(19-14)9-5-2-1-3-6-9/h1-8H. The summed E-state index contributed by atoms with van der Waals surface area (Å²) >= 11 is 3.28. The van der Waals surface area contributed by atoms with E-state index in [1.807, 2.05) is 30.3 Å². The Hall–Kier alpha value is -2.01. The Morgan fingerprint density at radius 2 is 1.63 bits per heavy atom. The zero-order valence-electron chi connectivity index (χ0n) is 9.68. The molecule has 0 saturated carbocycles. The van der Waals surface area contributed by atoms with E-state index in [9.17, 15) is 4.39 Å². The molecule has 2 aromatic carbocycles. The lowest BCUT2D eigenvalue weighted by atomic mass is 10.2. The first-order valence-electron chi connectivity index (χ1n) is 5.59. The first-order valence-corrected chi connectivity index (χ1v) is 6.38. The fourth-order valence-electron chi connectivity index (χ4n) is 1.72. The van der Waals surface area contributed by atoms with Gasteiger partial charge >= 0.3 is 0 Å². The summed E-state index contributed by atoms with van der Waals surface area (Å²) in [6, 6.07) is 14.0. The first kappa shape index (κ1) is 12.0. The number of hydrogen-bond acceptors (Lipinski definition) is 3. The van der Waals surface area contributed by atoms with Gasteiger partial charge in [0, 0.05) is 10.0 Å². The van der Waals surface area contributed by atoms with Gasteiger partial charge in [-0.2, -0.15) is 0 Å². The van der Waals surface area contributed by atoms with Crippen LogP contribution in [0.2, 0.25) is 0 Å². The number of halogens is 2. The number of benzene rings is 2. The summed E-state index contributed by atoms with van der Waals surface area (Å²) in [4.78, 5) is 0. The summed E-state index contributed by atoms with van der Waals surface area (Å²) in [6.07, 6.45) is 0. The molecule has 1 aromatic heterocycles. The molecular formula is C14H8BrFN2O. The number of rotatable bonds is 2. The van der Waals surface area contributed by atoms with Crippen molar-refractivity contribution in [2.45, 2.75) is 0 Å². The van der Waals surface area contributed by atoms with Crippen molar-refractivity contribution in [3.05, 3.63) is 58.8 Å². The number of nitrogens with zero attached hydrogens (tertiary/aromatic N) is 2. The molecule has 0 radical (unpaired) electrons. The third-order valence-electron chi connectivity index (χ3n) is 2.62. The van der Waals surface area contributed by atoms with Crippen molar-refractivity contribution in [2.24, 2.45) is 0 Å². The molecule has 1 heterocycles. The van der Waals surface area contributed by atoms with Crippen molar-refractivity contribution in [2.75, 3.05) is 0 Å². The minimum absolute atomic E-state index is 0.156. The monoisotopic (exact) mass is 318 g/mol. The van der Waals surface area contributed by atoms with E-state index in [0.29, 0.717) is 10.4 Å². The molecule has 0 bridgehead atoms. The summed E-state index contributed by atoms with van der Waals surface area (Å²) in [5, 5.41) is 7.84. The zero-order valence-corrected chi connectivity index (χ0v) is 11.3. The van der Waals surface area contributed by atoms with Gasteiger partial charge in [0.25, 0.3) is 5.89 Å². The van der Waals surface area contributed by atoms with Gasteiger partial charge in [-0.15, -0.1) is 10.2 Å². The Bertz CT molecular complexity index is 692. The molecule has 19 heavy (non-hydrogen) atoms. The van der Waals surface area contributed by atoms with Crippen LogP contribution in [0.15, 0.2) is 57.4 Å². The van der Waals surface area contributed by atoms with E-state index in [-0.39, 0.29) is 11.5 Å². The molecule has 0 aliphatic carbocycles. The molecule has 5 heteroatoms. The average Bonchev–Trinajstić information content (AvgIpc) is 2.89. The van der Waals surface area contributed by atoms with Gasteiger partial charge in [-0.1, -0.05) is 24.3 Å². The smallest absolute Gasteiger partial charge is 0.252 e. The van der Waals surface area contributed by atoms with Crippen LogP contribution in [-0.2, 0) is 0 Å². The third-order valence-corrected chi connectivity index (χ3v) is 3.28. The van der Waals surface area contributed by atoms with Crippen LogP contribution in [0, 0.1) is 5.82 Å². The molecule has 0 spiro atoms. The van der Waals surface area contributed by atoms with Gasteiger partial charge < -0.3 is 4.42 Å². The van der Waals surface area contributed by atoms with Crippen LogP contribution in [0.25, 0.3) is 22.9 Å². The molecule has 0 aliphatic rings. The molecule has 94 valence electrons. The van der Waals surface area contributed by atoms with E-state index in [0.717, 1.165) is 5.56 Å². The van der Waals surface area contributed by atoms with Crippen molar-refractivity contribution in [3.63, 3.8) is 0 Å². The van der Waals surface area contributed by atoms with E-state index in [2.05, 4.69) is 26.1 Å². The minimum atomic E-state index is -0.405. The molecule has 0 fully saturated rings. The van der Waals surface area contributed by atoms with Gasteiger partial charge in [-0.05, 0) is 40.2 Å². The summed E-state index contributed by atoms with van der Waals surface area (Å²) in [5.74, 6) is 0.118. The number of hydrogen-bond donors (Lipinski definition) is 0. The van der Waals surface area contributed by atoms with Gasteiger partial charge in [-0.3, -0.25) is 0 Å². The highest BCUT2D eigenvalue weighted by Crippen LogP contribution is 2.31. The SMILES string of the molecule is Fc1cccc(Br)c1-c1nnc(-c2ccccc2)o1. The lowest BCUT2D eigenvalue weighted by Crippen LogP contribution is -1.85. The van der Waals surface area contributed by atoms with Gasteiger partial charge in [0.2, 0.25) is 5.89 Å². The second kappa shape index (κ2) is 4.93. The highest BCUT2D eigenvalue weighted by molar-refractivity contribution is 9.10.